The number of ether oxygens (including phenoxy) is 6. The minimum atomic E-state index is -0.446. The van der Waals surface area contributed by atoms with Crippen LogP contribution < -0.4 is 36.7 Å². The topological polar surface area (TPSA) is 225 Å². The third-order valence-electron chi connectivity index (χ3n) is 10.8. The van der Waals surface area contributed by atoms with Gasteiger partial charge >= 0.3 is 6.09 Å². The Morgan fingerprint density at radius 3 is 1.44 bits per heavy atom. The Hall–Kier alpha value is -4.97. The molecule has 8 heterocycles. The lowest BCUT2D eigenvalue weighted by Crippen LogP contribution is -2.52. The number of amides is 1. The number of likely N-dealkylation sites (tertiary alicyclic amines) is 2. The fourth-order valence-electron chi connectivity index (χ4n) is 6.96. The summed E-state index contributed by atoms with van der Waals surface area (Å²) in [6.07, 6.45) is 11.4. The van der Waals surface area contributed by atoms with Gasteiger partial charge in [-0.05, 0) is 121 Å². The average molecular weight is 850 g/mol. The highest BCUT2D eigenvalue weighted by Gasteiger charge is 2.30. The van der Waals surface area contributed by atoms with Gasteiger partial charge in [0.1, 0.15) is 53.5 Å². The first-order valence-electron chi connectivity index (χ1n) is 21.5. The molecule has 0 saturated carbocycles. The van der Waals surface area contributed by atoms with Gasteiger partial charge in [0, 0.05) is 49.9 Å². The van der Waals surface area contributed by atoms with E-state index < -0.39 is 5.60 Å². The molecule has 3 aromatic rings. The Morgan fingerprint density at radius 1 is 0.689 bits per heavy atom. The Morgan fingerprint density at radius 2 is 1.10 bits per heavy atom. The van der Waals surface area contributed by atoms with Crippen molar-refractivity contribution in [3.05, 3.63) is 55.0 Å². The van der Waals surface area contributed by atoms with E-state index >= 15 is 0 Å². The van der Waals surface area contributed by atoms with Gasteiger partial charge in [-0.3, -0.25) is 9.69 Å². The highest BCUT2D eigenvalue weighted by Crippen LogP contribution is 2.24. The van der Waals surface area contributed by atoms with Crippen molar-refractivity contribution in [2.45, 2.75) is 70.9 Å². The molecule has 3 aromatic heterocycles. The van der Waals surface area contributed by atoms with Crippen LogP contribution in [-0.2, 0) is 19.0 Å². The lowest BCUT2D eigenvalue weighted by atomic mass is 9.96. The van der Waals surface area contributed by atoms with E-state index in [9.17, 15) is 9.59 Å². The van der Waals surface area contributed by atoms with Gasteiger partial charge in [-0.2, -0.15) is 0 Å². The first-order chi connectivity index (χ1) is 29.4. The van der Waals surface area contributed by atoms with E-state index in [2.05, 4.69) is 29.9 Å². The second kappa shape index (κ2) is 24.5. The maximum absolute atomic E-state index is 12.0. The third-order valence-corrected chi connectivity index (χ3v) is 10.8. The summed E-state index contributed by atoms with van der Waals surface area (Å²) in [5.41, 5.74) is 16.4. The van der Waals surface area contributed by atoms with E-state index in [1.807, 2.05) is 32.9 Å². The number of carbonyl (C=O) groups is 2. The Bertz CT molecular complexity index is 1750. The number of nitrogens with one attached hydrogen (secondary N) is 1. The van der Waals surface area contributed by atoms with E-state index in [1.54, 1.807) is 47.8 Å². The molecule has 7 N–H and O–H groups in total. The van der Waals surface area contributed by atoms with E-state index in [-0.39, 0.29) is 11.9 Å². The van der Waals surface area contributed by atoms with Crippen molar-refractivity contribution in [1.82, 2.24) is 30.1 Å². The summed E-state index contributed by atoms with van der Waals surface area (Å²) in [7, 11) is 0. The molecule has 0 bridgehead atoms. The number of hydrogen-bond acceptors (Lipinski definition) is 16. The van der Waals surface area contributed by atoms with Crippen LogP contribution in [0.15, 0.2) is 55.0 Å². The number of hydrogen-bond donors (Lipinski definition) is 4. The van der Waals surface area contributed by atoms with Gasteiger partial charge < -0.3 is 55.8 Å². The summed E-state index contributed by atoms with van der Waals surface area (Å²) in [5, 5.41) is 3.34. The first-order valence-corrected chi connectivity index (χ1v) is 21.5. The van der Waals surface area contributed by atoms with E-state index in [4.69, 9.17) is 40.9 Å². The molecule has 61 heavy (non-hydrogen) atoms. The van der Waals surface area contributed by atoms with Gasteiger partial charge in [-0.25, -0.2) is 19.7 Å². The number of aromatic nitrogens is 3. The monoisotopic (exact) mass is 850 g/mol. The van der Waals surface area contributed by atoms with Crippen molar-refractivity contribution in [3.63, 3.8) is 0 Å². The Labute approximate surface area is 360 Å². The predicted molar refractivity (Wildman–Crippen MR) is 233 cm³/mol. The second-order valence-electron chi connectivity index (χ2n) is 17.0. The zero-order valence-corrected chi connectivity index (χ0v) is 36.2. The highest BCUT2D eigenvalue weighted by molar-refractivity contribution is 5.84. The average Bonchev–Trinajstić information content (AvgIpc) is 3.21. The molecule has 17 heteroatoms. The molecule has 0 atom stereocenters. The molecule has 17 nitrogen and oxygen atoms in total. The maximum atomic E-state index is 12.0. The quantitative estimate of drug-likeness (QED) is 0.221. The molecule has 0 unspecified atom stereocenters. The van der Waals surface area contributed by atoms with E-state index in [1.165, 1.54) is 38.8 Å². The first kappa shape index (κ1) is 47.1. The van der Waals surface area contributed by atoms with Gasteiger partial charge in [-0.15, -0.1) is 0 Å². The molecule has 0 aliphatic carbocycles. The molecule has 0 aromatic carbocycles. The van der Waals surface area contributed by atoms with Gasteiger partial charge in [0.05, 0.1) is 39.1 Å². The molecule has 5 saturated heterocycles. The van der Waals surface area contributed by atoms with Gasteiger partial charge in [0.15, 0.2) is 5.78 Å². The molecular formula is C44H67N9O8. The lowest BCUT2D eigenvalue weighted by Gasteiger charge is -2.41. The van der Waals surface area contributed by atoms with Crippen molar-refractivity contribution >= 4 is 29.3 Å². The number of nitrogens with zero attached hydrogens (tertiary/aromatic N) is 5. The number of nitrogen functional groups attached to an aromatic ring is 3. The van der Waals surface area contributed by atoms with Crippen LogP contribution >= 0.6 is 0 Å². The SMILES string of the molecule is CC(C)(C)OC(=O)N1CCC(COc2ccnc(N)c2)CC1.Nc1cc(OCC2CCN(C3COC3)CC2)ccn1.Nc1cc(OCC2CCNCC2)ccn1.O=C1COC1. The number of anilines is 3. The summed E-state index contributed by atoms with van der Waals surface area (Å²) < 4.78 is 32.3. The van der Waals surface area contributed by atoms with Crippen molar-refractivity contribution in [2.24, 2.45) is 17.8 Å². The molecule has 336 valence electrons. The number of rotatable bonds is 10. The third kappa shape index (κ3) is 17.9. The van der Waals surface area contributed by atoms with Crippen molar-refractivity contribution in [2.75, 3.05) is 103 Å². The fourth-order valence-corrected chi connectivity index (χ4v) is 6.96. The Kier molecular flexibility index (Phi) is 18.9. The highest BCUT2D eigenvalue weighted by atomic mass is 16.6. The summed E-state index contributed by atoms with van der Waals surface area (Å²) in [5.74, 6) is 5.82. The molecular weight excluding hydrogens is 783 g/mol. The van der Waals surface area contributed by atoms with Crippen molar-refractivity contribution < 1.29 is 38.0 Å². The Balaban J connectivity index is 0.000000165. The van der Waals surface area contributed by atoms with Gasteiger partial charge in [0.25, 0.3) is 0 Å². The zero-order valence-electron chi connectivity index (χ0n) is 36.2. The summed E-state index contributed by atoms with van der Waals surface area (Å²) in [6, 6.07) is 11.4. The second-order valence-corrected chi connectivity index (χ2v) is 17.0. The van der Waals surface area contributed by atoms with Crippen LogP contribution in [0.1, 0.15) is 59.3 Å². The van der Waals surface area contributed by atoms with Crippen molar-refractivity contribution in [1.29, 1.82) is 0 Å². The van der Waals surface area contributed by atoms with Crippen LogP contribution in [0, 0.1) is 17.8 Å². The minimum absolute atomic E-state index is 0.213. The molecule has 8 rings (SSSR count). The molecule has 1 amide bonds. The van der Waals surface area contributed by atoms with Crippen LogP contribution in [0.25, 0.3) is 0 Å². The van der Waals surface area contributed by atoms with Crippen LogP contribution in [0.4, 0.5) is 22.2 Å². The number of ketones is 1. The molecule has 0 radical (unpaired) electrons. The van der Waals surface area contributed by atoms with Crippen LogP contribution in [0.2, 0.25) is 0 Å². The fraction of sp³-hybridized carbons (Fsp3) is 0.614. The molecule has 5 fully saturated rings. The van der Waals surface area contributed by atoms with E-state index in [0.29, 0.717) is 74.2 Å². The maximum Gasteiger partial charge on any atom is 0.410 e. The number of nitrogens with two attached hydrogens (primary N) is 3. The van der Waals surface area contributed by atoms with Gasteiger partial charge in [-0.1, -0.05) is 0 Å². The van der Waals surface area contributed by atoms with Gasteiger partial charge in [0.2, 0.25) is 0 Å². The number of carbonyl (C=O) groups excluding carboxylic acids is 2. The van der Waals surface area contributed by atoms with Crippen molar-refractivity contribution in [3.8, 4) is 17.2 Å². The zero-order chi connectivity index (χ0) is 43.5. The van der Waals surface area contributed by atoms with E-state index in [0.717, 1.165) is 69.6 Å². The lowest BCUT2D eigenvalue weighted by molar-refractivity contribution is -0.140. The number of Topliss-reactive ketones (excluding diaryl/α,β-unsaturated/α-hetero) is 1. The van der Waals surface area contributed by atoms with Crippen LogP contribution in [0.3, 0.4) is 0 Å². The summed E-state index contributed by atoms with van der Waals surface area (Å²) in [4.78, 5) is 37.9. The minimum Gasteiger partial charge on any atom is -0.493 e. The molecule has 5 aliphatic rings. The number of pyridine rings is 3. The standard InChI is InChI=1S/C16H25N3O3.C14H21N3O2.C11H17N3O.C3H4O2/c1-16(2,3)22-15(20)19-8-5-12(6-9-19)11-21-13-4-7-18-14(17)10-13;15-14-7-13(1-4-16-14)19-8-11-2-5-17(6-3-11)12-9-18-10-12;12-11-7-10(3-6-14-11)15-8-9-1-4-13-5-2-9;4-3-1-5-2-3/h4,7,10,12H,5-6,8-9,11H2,1-3H3,(H2,17,18);1,4,7,11-12H,2-3,5-6,8-10H2,(H2,15,16);3,6-7,9,13H,1-2,4-5,8H2,(H2,12,14);1-2H2. The smallest absolute Gasteiger partial charge is 0.410 e. The predicted octanol–water partition coefficient (Wildman–Crippen LogP) is 4.47. The number of piperidine rings is 3. The summed E-state index contributed by atoms with van der Waals surface area (Å²) >= 11 is 0. The molecule has 5 aliphatic heterocycles. The summed E-state index contributed by atoms with van der Waals surface area (Å²) in [6.45, 7) is 16.3. The largest absolute Gasteiger partial charge is 0.493 e. The van der Waals surface area contributed by atoms with Crippen LogP contribution in [0.5, 0.6) is 17.2 Å². The van der Waals surface area contributed by atoms with Crippen LogP contribution in [-0.4, -0.2) is 134 Å². The normalized spacial score (nSPS) is 18.9. The molecule has 0 spiro atoms.